The van der Waals surface area contributed by atoms with Crippen molar-refractivity contribution in [3.05, 3.63) is 21.4 Å². The molecule has 0 fully saturated rings. The third-order valence-corrected chi connectivity index (χ3v) is 4.11. The van der Waals surface area contributed by atoms with Crippen molar-refractivity contribution in [3.8, 4) is 0 Å². The fourth-order valence-electron chi connectivity index (χ4n) is 2.14. The number of methoxy groups -OCH3 is 1. The summed E-state index contributed by atoms with van der Waals surface area (Å²) in [4.78, 5) is 12.9. The zero-order chi connectivity index (χ0) is 12.8. The highest BCUT2D eigenvalue weighted by molar-refractivity contribution is 7.12. The first-order chi connectivity index (χ1) is 7.90. The fraction of sp³-hybridized carbons (Fsp3) is 0.545. The monoisotopic (exact) mass is 258 g/mol. The van der Waals surface area contributed by atoms with Crippen molar-refractivity contribution in [2.45, 2.75) is 31.2 Å². The number of aliphatic hydroxyl groups excluding tert-OH is 2. The number of carbonyl (C=O) groups excluding carboxylic acids is 1. The van der Waals surface area contributed by atoms with Crippen molar-refractivity contribution in [3.63, 3.8) is 0 Å². The highest BCUT2D eigenvalue weighted by Gasteiger charge is 2.49. The largest absolute Gasteiger partial charge is 0.467 e. The van der Waals surface area contributed by atoms with Crippen molar-refractivity contribution >= 4 is 17.3 Å². The van der Waals surface area contributed by atoms with E-state index in [1.807, 2.05) is 0 Å². The molecule has 0 saturated carbocycles. The Bertz CT molecular complexity index is 455. The van der Waals surface area contributed by atoms with E-state index in [1.165, 1.54) is 18.4 Å². The molecule has 0 aromatic carbocycles. The summed E-state index contributed by atoms with van der Waals surface area (Å²) in [7, 11) is 1.18. The van der Waals surface area contributed by atoms with Crippen molar-refractivity contribution < 1.29 is 24.9 Å². The molecule has 3 N–H and O–H groups in total. The first-order valence-electron chi connectivity index (χ1n) is 5.18. The van der Waals surface area contributed by atoms with Crippen LogP contribution in [0, 0.1) is 6.92 Å². The minimum absolute atomic E-state index is 0.260. The van der Waals surface area contributed by atoms with Gasteiger partial charge < -0.3 is 20.1 Å². The molecule has 1 aromatic heterocycles. The molecule has 1 aliphatic carbocycles. The number of thiophene rings is 1. The maximum absolute atomic E-state index is 11.7. The normalized spacial score (nSPS) is 32.1. The Morgan fingerprint density at radius 2 is 2.24 bits per heavy atom. The van der Waals surface area contributed by atoms with Gasteiger partial charge in [0.2, 0.25) is 0 Å². The number of esters is 1. The molecule has 0 radical (unpaired) electrons. The standard InChI is InChI=1S/C11H14O5S/c1-5-3-6-9(17-5)8(13)7(12)4-11(6,15)10(14)16-2/h3,7-8,12-13,15H,4H2,1-2H3/t7-,8+,11+/m1/s1. The SMILES string of the molecule is COC(=O)[C@]1(O)C[C@@H](O)[C@H](O)c2sc(C)cc21. The average molecular weight is 258 g/mol. The quantitative estimate of drug-likeness (QED) is 0.627. The summed E-state index contributed by atoms with van der Waals surface area (Å²) in [5.41, 5.74) is -1.53. The van der Waals surface area contributed by atoms with E-state index < -0.39 is 23.8 Å². The molecule has 1 aliphatic rings. The maximum atomic E-state index is 11.7. The Morgan fingerprint density at radius 1 is 1.59 bits per heavy atom. The van der Waals surface area contributed by atoms with Crippen LogP contribution in [0.5, 0.6) is 0 Å². The summed E-state index contributed by atoms with van der Waals surface area (Å²) < 4.78 is 4.57. The first kappa shape index (κ1) is 12.5. The third-order valence-electron chi connectivity index (χ3n) is 2.99. The van der Waals surface area contributed by atoms with E-state index in [0.717, 1.165) is 4.88 Å². The Hall–Kier alpha value is -0.950. The van der Waals surface area contributed by atoms with E-state index in [1.54, 1.807) is 13.0 Å². The lowest BCUT2D eigenvalue weighted by atomic mass is 9.80. The van der Waals surface area contributed by atoms with Gasteiger partial charge in [0.05, 0.1) is 13.2 Å². The zero-order valence-corrected chi connectivity index (χ0v) is 10.3. The first-order valence-corrected chi connectivity index (χ1v) is 5.99. The summed E-state index contributed by atoms with van der Waals surface area (Å²) >= 11 is 1.25. The second-order valence-electron chi connectivity index (χ2n) is 4.20. The molecule has 1 aromatic rings. The van der Waals surface area contributed by atoms with Crippen LogP contribution < -0.4 is 0 Å². The number of aliphatic hydroxyl groups is 3. The fourth-order valence-corrected chi connectivity index (χ4v) is 3.28. The Labute approximate surface area is 102 Å². The van der Waals surface area contributed by atoms with Crippen LogP contribution in [-0.2, 0) is 15.1 Å². The number of ether oxygens (including phenoxy) is 1. The Morgan fingerprint density at radius 3 is 2.82 bits per heavy atom. The molecule has 6 heteroatoms. The summed E-state index contributed by atoms with van der Waals surface area (Å²) in [6.45, 7) is 1.81. The van der Waals surface area contributed by atoms with Crippen LogP contribution in [0.3, 0.4) is 0 Å². The number of rotatable bonds is 1. The number of hydrogen-bond acceptors (Lipinski definition) is 6. The van der Waals surface area contributed by atoms with E-state index in [9.17, 15) is 20.1 Å². The number of hydrogen-bond donors (Lipinski definition) is 3. The second-order valence-corrected chi connectivity index (χ2v) is 5.49. The molecule has 0 bridgehead atoms. The molecule has 0 saturated heterocycles. The number of aryl methyl sites for hydroxylation is 1. The van der Waals surface area contributed by atoms with Gasteiger partial charge in [-0.25, -0.2) is 4.79 Å². The van der Waals surface area contributed by atoms with E-state index in [0.29, 0.717) is 10.4 Å². The van der Waals surface area contributed by atoms with Crippen molar-refractivity contribution in [2.24, 2.45) is 0 Å². The molecule has 0 spiro atoms. The van der Waals surface area contributed by atoms with Gasteiger partial charge in [-0.1, -0.05) is 0 Å². The summed E-state index contributed by atoms with van der Waals surface area (Å²) in [6, 6.07) is 1.64. The van der Waals surface area contributed by atoms with Gasteiger partial charge in [0.1, 0.15) is 6.10 Å². The zero-order valence-electron chi connectivity index (χ0n) is 9.51. The van der Waals surface area contributed by atoms with Crippen LogP contribution in [0.15, 0.2) is 6.07 Å². The van der Waals surface area contributed by atoms with E-state index in [2.05, 4.69) is 4.74 Å². The predicted molar refractivity (Wildman–Crippen MR) is 60.6 cm³/mol. The van der Waals surface area contributed by atoms with Gasteiger partial charge in [-0.15, -0.1) is 11.3 Å². The van der Waals surface area contributed by atoms with E-state index in [-0.39, 0.29) is 6.42 Å². The summed E-state index contributed by atoms with van der Waals surface area (Å²) in [6.07, 6.45) is -2.50. The molecule has 2 rings (SSSR count). The molecular formula is C11H14O5S. The van der Waals surface area contributed by atoms with Crippen molar-refractivity contribution in [1.29, 1.82) is 0 Å². The van der Waals surface area contributed by atoms with E-state index >= 15 is 0 Å². The molecule has 94 valence electrons. The molecule has 0 unspecified atom stereocenters. The molecule has 3 atom stereocenters. The van der Waals surface area contributed by atoms with Crippen molar-refractivity contribution in [1.82, 2.24) is 0 Å². The van der Waals surface area contributed by atoms with Gasteiger partial charge in [0.15, 0.2) is 5.60 Å². The van der Waals surface area contributed by atoms with Crippen LogP contribution in [0.4, 0.5) is 0 Å². The van der Waals surface area contributed by atoms with Crippen LogP contribution in [-0.4, -0.2) is 34.5 Å². The van der Waals surface area contributed by atoms with Crippen LogP contribution in [0.25, 0.3) is 0 Å². The topological polar surface area (TPSA) is 87.0 Å². The van der Waals surface area contributed by atoms with Crippen LogP contribution >= 0.6 is 11.3 Å². The lowest BCUT2D eigenvalue weighted by molar-refractivity contribution is -0.171. The van der Waals surface area contributed by atoms with Crippen molar-refractivity contribution in [2.75, 3.05) is 7.11 Å². The smallest absolute Gasteiger partial charge is 0.342 e. The van der Waals surface area contributed by atoms with Gasteiger partial charge in [-0.05, 0) is 13.0 Å². The lowest BCUT2D eigenvalue weighted by Crippen LogP contribution is -2.45. The Kier molecular flexibility index (Phi) is 2.99. The predicted octanol–water partition coefficient (Wildman–Crippen LogP) is 0.215. The molecule has 5 nitrogen and oxygen atoms in total. The summed E-state index contributed by atoms with van der Waals surface area (Å²) in [5.74, 6) is -0.817. The second kappa shape index (κ2) is 4.06. The number of fused-ring (bicyclic) bond motifs is 1. The summed E-state index contributed by atoms with van der Waals surface area (Å²) in [5, 5.41) is 29.9. The van der Waals surface area contributed by atoms with Gasteiger partial charge in [-0.3, -0.25) is 0 Å². The minimum atomic E-state index is -1.87. The lowest BCUT2D eigenvalue weighted by Gasteiger charge is -2.35. The van der Waals surface area contributed by atoms with Gasteiger partial charge in [-0.2, -0.15) is 0 Å². The van der Waals surface area contributed by atoms with Gasteiger partial charge in [0.25, 0.3) is 0 Å². The van der Waals surface area contributed by atoms with Gasteiger partial charge >= 0.3 is 5.97 Å². The molecule has 1 heterocycles. The van der Waals surface area contributed by atoms with E-state index in [4.69, 9.17) is 0 Å². The van der Waals surface area contributed by atoms with Gasteiger partial charge in [0, 0.05) is 21.7 Å². The number of carbonyl (C=O) groups is 1. The molecule has 0 aliphatic heterocycles. The van der Waals surface area contributed by atoms with Crippen LogP contribution in [0.1, 0.15) is 27.8 Å². The maximum Gasteiger partial charge on any atom is 0.342 e. The third kappa shape index (κ3) is 1.77. The molecule has 17 heavy (non-hydrogen) atoms. The highest BCUT2D eigenvalue weighted by atomic mass is 32.1. The molecular weight excluding hydrogens is 244 g/mol. The molecule has 0 amide bonds. The average Bonchev–Trinajstić information content (AvgIpc) is 2.68. The Balaban J connectivity index is 2.57. The minimum Gasteiger partial charge on any atom is -0.467 e. The highest BCUT2D eigenvalue weighted by Crippen LogP contribution is 2.45. The van der Waals surface area contributed by atoms with Crippen LogP contribution in [0.2, 0.25) is 0 Å².